The smallest absolute Gasteiger partial charge is 0.256 e. The van der Waals surface area contributed by atoms with E-state index in [1.54, 1.807) is 18.2 Å². The molecule has 0 amide bonds. The third-order valence-corrected chi connectivity index (χ3v) is 6.16. The van der Waals surface area contributed by atoms with Crippen molar-refractivity contribution in [1.29, 1.82) is 5.26 Å². The molecule has 1 N–H and O–H groups in total. The number of aromatic nitrogens is 3. The zero-order chi connectivity index (χ0) is 22.1. The van der Waals surface area contributed by atoms with Crippen LogP contribution in [0.2, 0.25) is 0 Å². The number of hydrogen-bond acceptors (Lipinski definition) is 6. The highest BCUT2D eigenvalue weighted by Crippen LogP contribution is 2.28. The molecule has 0 bridgehead atoms. The van der Waals surface area contributed by atoms with Gasteiger partial charge in [0.05, 0.1) is 11.6 Å². The minimum atomic E-state index is -0.182. The summed E-state index contributed by atoms with van der Waals surface area (Å²) in [6, 6.07) is 17.5. The Morgan fingerprint density at radius 3 is 2.59 bits per heavy atom. The van der Waals surface area contributed by atoms with E-state index in [-0.39, 0.29) is 5.56 Å². The quantitative estimate of drug-likeness (QED) is 0.528. The van der Waals surface area contributed by atoms with Crippen LogP contribution < -0.4 is 5.56 Å². The fourth-order valence-corrected chi connectivity index (χ4v) is 4.40. The van der Waals surface area contributed by atoms with Gasteiger partial charge in [0.25, 0.3) is 5.56 Å². The Morgan fingerprint density at radius 2 is 1.91 bits per heavy atom. The number of H-pyrrole nitrogens is 1. The van der Waals surface area contributed by atoms with Crippen molar-refractivity contribution in [2.45, 2.75) is 32.2 Å². The SMILES string of the molecule is Cc1nnc(C2CCN(Cc3ccc(-c4cc5c(C#N)cccc5c(=O)[nH]4)cc3)CC2)o1. The van der Waals surface area contributed by atoms with Crippen molar-refractivity contribution in [3.63, 3.8) is 0 Å². The zero-order valence-corrected chi connectivity index (χ0v) is 17.8. The van der Waals surface area contributed by atoms with Crippen LogP contribution in [0, 0.1) is 18.3 Å². The van der Waals surface area contributed by atoms with E-state index in [9.17, 15) is 10.1 Å². The highest BCUT2D eigenvalue weighted by molar-refractivity contribution is 5.89. The molecule has 0 spiro atoms. The van der Waals surface area contributed by atoms with Crippen LogP contribution in [-0.4, -0.2) is 33.2 Å². The fourth-order valence-electron chi connectivity index (χ4n) is 4.40. The van der Waals surface area contributed by atoms with Crippen LogP contribution in [0.15, 0.2) is 57.7 Å². The van der Waals surface area contributed by atoms with Gasteiger partial charge in [-0.25, -0.2) is 0 Å². The number of aromatic amines is 1. The number of likely N-dealkylation sites (tertiary alicyclic amines) is 1. The summed E-state index contributed by atoms with van der Waals surface area (Å²) in [5.74, 6) is 1.73. The Hall–Kier alpha value is -3.76. The van der Waals surface area contributed by atoms with Gasteiger partial charge in [0.1, 0.15) is 0 Å². The molecule has 160 valence electrons. The van der Waals surface area contributed by atoms with E-state index in [1.165, 1.54) is 5.56 Å². The van der Waals surface area contributed by atoms with Crippen molar-refractivity contribution in [2.24, 2.45) is 0 Å². The van der Waals surface area contributed by atoms with Gasteiger partial charge in [-0.05, 0) is 55.3 Å². The Morgan fingerprint density at radius 1 is 1.12 bits per heavy atom. The largest absolute Gasteiger partial charge is 0.425 e. The van der Waals surface area contributed by atoms with Gasteiger partial charge in [0.15, 0.2) is 0 Å². The van der Waals surface area contributed by atoms with Crippen molar-refractivity contribution in [2.75, 3.05) is 13.1 Å². The van der Waals surface area contributed by atoms with E-state index < -0.39 is 0 Å². The number of benzene rings is 2. The van der Waals surface area contributed by atoms with Crippen LogP contribution in [0.25, 0.3) is 22.0 Å². The molecule has 0 saturated carbocycles. The molecule has 1 aliphatic rings. The zero-order valence-electron chi connectivity index (χ0n) is 17.8. The van der Waals surface area contributed by atoms with Gasteiger partial charge in [-0.2, -0.15) is 5.26 Å². The molecule has 0 unspecified atom stereocenters. The van der Waals surface area contributed by atoms with Gasteiger partial charge in [-0.15, -0.1) is 10.2 Å². The Bertz CT molecular complexity index is 1360. The van der Waals surface area contributed by atoms with Crippen LogP contribution in [0.4, 0.5) is 0 Å². The third kappa shape index (κ3) is 3.93. The third-order valence-electron chi connectivity index (χ3n) is 6.16. The Kier molecular flexibility index (Phi) is 5.29. The van der Waals surface area contributed by atoms with Crippen molar-refractivity contribution >= 4 is 10.8 Å². The van der Waals surface area contributed by atoms with E-state index in [1.807, 2.05) is 25.1 Å². The summed E-state index contributed by atoms with van der Waals surface area (Å²) in [6.07, 6.45) is 2.03. The molecule has 0 aliphatic carbocycles. The first-order chi connectivity index (χ1) is 15.6. The molecule has 1 aliphatic heterocycles. The maximum atomic E-state index is 12.5. The van der Waals surface area contributed by atoms with Gasteiger partial charge in [-0.3, -0.25) is 9.69 Å². The van der Waals surface area contributed by atoms with E-state index in [0.29, 0.717) is 33.8 Å². The molecule has 32 heavy (non-hydrogen) atoms. The van der Waals surface area contributed by atoms with Crippen molar-refractivity contribution < 1.29 is 4.42 Å². The summed E-state index contributed by atoms with van der Waals surface area (Å²) >= 11 is 0. The molecule has 7 nitrogen and oxygen atoms in total. The molecular formula is C25H23N5O2. The van der Waals surface area contributed by atoms with Gasteiger partial charge < -0.3 is 9.40 Å². The number of fused-ring (bicyclic) bond motifs is 1. The van der Waals surface area contributed by atoms with Gasteiger partial charge >= 0.3 is 0 Å². The van der Waals surface area contributed by atoms with Crippen LogP contribution in [0.5, 0.6) is 0 Å². The second-order valence-electron chi connectivity index (χ2n) is 8.30. The fraction of sp³-hybridized carbons (Fsp3) is 0.280. The molecule has 5 rings (SSSR count). The van der Waals surface area contributed by atoms with Crippen LogP contribution in [0.1, 0.15) is 41.7 Å². The van der Waals surface area contributed by atoms with Crippen molar-refractivity contribution in [3.8, 4) is 17.3 Å². The molecule has 4 aromatic rings. The predicted molar refractivity (Wildman–Crippen MR) is 121 cm³/mol. The maximum Gasteiger partial charge on any atom is 0.256 e. The minimum absolute atomic E-state index is 0.182. The summed E-state index contributed by atoms with van der Waals surface area (Å²) < 4.78 is 5.60. The summed E-state index contributed by atoms with van der Waals surface area (Å²) in [5.41, 5.74) is 3.18. The van der Waals surface area contributed by atoms with Crippen LogP contribution in [0.3, 0.4) is 0 Å². The number of rotatable bonds is 4. The lowest BCUT2D eigenvalue weighted by molar-refractivity contribution is 0.192. The molecule has 7 heteroatoms. The second kappa shape index (κ2) is 8.40. The summed E-state index contributed by atoms with van der Waals surface area (Å²) in [5, 5.41) is 18.7. The summed E-state index contributed by atoms with van der Waals surface area (Å²) in [7, 11) is 0. The molecule has 3 heterocycles. The lowest BCUT2D eigenvalue weighted by Gasteiger charge is -2.30. The number of nitrogens with zero attached hydrogens (tertiary/aromatic N) is 4. The highest BCUT2D eigenvalue weighted by Gasteiger charge is 2.24. The number of hydrogen-bond donors (Lipinski definition) is 1. The van der Waals surface area contributed by atoms with Crippen molar-refractivity contribution in [1.82, 2.24) is 20.1 Å². The van der Waals surface area contributed by atoms with Gasteiger partial charge in [-0.1, -0.05) is 30.3 Å². The first-order valence-electron chi connectivity index (χ1n) is 10.8. The molecule has 0 atom stereocenters. The first-order valence-corrected chi connectivity index (χ1v) is 10.8. The van der Waals surface area contributed by atoms with Crippen LogP contribution >= 0.6 is 0 Å². The monoisotopic (exact) mass is 425 g/mol. The second-order valence-corrected chi connectivity index (χ2v) is 8.30. The summed E-state index contributed by atoms with van der Waals surface area (Å²) in [4.78, 5) is 17.9. The standard InChI is InChI=1S/C25H23N5O2/c1-16-28-29-25(32-16)19-9-11-30(12-10-19)15-17-5-7-18(8-6-17)23-13-22-20(14-26)3-2-4-21(22)24(31)27-23/h2-8,13,19H,9-12,15H2,1H3,(H,27,31). The van der Waals surface area contributed by atoms with E-state index in [4.69, 9.17) is 4.42 Å². The average molecular weight is 425 g/mol. The lowest BCUT2D eigenvalue weighted by atomic mass is 9.96. The lowest BCUT2D eigenvalue weighted by Crippen LogP contribution is -2.32. The molecule has 2 aromatic carbocycles. The number of pyridine rings is 1. The minimum Gasteiger partial charge on any atom is -0.425 e. The first kappa shape index (κ1) is 20.2. The van der Waals surface area contributed by atoms with E-state index >= 15 is 0 Å². The number of nitrogens with one attached hydrogen (secondary N) is 1. The predicted octanol–water partition coefficient (Wildman–Crippen LogP) is 4.14. The van der Waals surface area contributed by atoms with E-state index in [0.717, 1.165) is 43.9 Å². The topological polar surface area (TPSA) is 98.8 Å². The number of piperidine rings is 1. The molecule has 1 saturated heterocycles. The molecular weight excluding hydrogens is 402 g/mol. The Labute approximate surface area is 185 Å². The molecule has 2 aromatic heterocycles. The normalized spacial score (nSPS) is 15.1. The maximum absolute atomic E-state index is 12.5. The summed E-state index contributed by atoms with van der Waals surface area (Å²) in [6.45, 7) is 4.68. The molecule has 0 radical (unpaired) electrons. The number of aryl methyl sites for hydroxylation is 1. The highest BCUT2D eigenvalue weighted by atomic mass is 16.4. The van der Waals surface area contributed by atoms with Crippen molar-refractivity contribution in [3.05, 3.63) is 81.8 Å². The molecule has 1 fully saturated rings. The van der Waals surface area contributed by atoms with Crippen LogP contribution in [-0.2, 0) is 6.54 Å². The Balaban J connectivity index is 1.29. The average Bonchev–Trinajstić information content (AvgIpc) is 3.26. The number of nitriles is 1. The van der Waals surface area contributed by atoms with Gasteiger partial charge in [0.2, 0.25) is 11.8 Å². The van der Waals surface area contributed by atoms with E-state index in [2.05, 4.69) is 38.3 Å². The van der Waals surface area contributed by atoms with Gasteiger partial charge in [0, 0.05) is 35.9 Å².